The number of anilines is 1. The number of nitrogens with zero attached hydrogens (tertiary/aromatic N) is 1. The number of hydrogen-bond acceptors (Lipinski definition) is 4. The number of halogens is 1. The summed E-state index contributed by atoms with van der Waals surface area (Å²) in [7, 11) is -2.36. The van der Waals surface area contributed by atoms with Crippen LogP contribution in [0.3, 0.4) is 0 Å². The van der Waals surface area contributed by atoms with Crippen molar-refractivity contribution in [2.24, 2.45) is 11.8 Å². The van der Waals surface area contributed by atoms with E-state index in [1.54, 1.807) is 6.07 Å². The fourth-order valence-electron chi connectivity index (χ4n) is 3.88. The van der Waals surface area contributed by atoms with Gasteiger partial charge in [0.05, 0.1) is 7.11 Å². The Morgan fingerprint density at radius 1 is 1.13 bits per heavy atom. The molecular formula is C22H27BrN2O4S. The van der Waals surface area contributed by atoms with E-state index in [1.807, 2.05) is 25.1 Å². The van der Waals surface area contributed by atoms with Gasteiger partial charge in [0.2, 0.25) is 10.0 Å². The number of nitrogens with one attached hydrogen (secondary N) is 1. The first kappa shape index (κ1) is 22.8. The number of amides is 1. The molecule has 2 atom stereocenters. The first-order valence-electron chi connectivity index (χ1n) is 9.87. The van der Waals surface area contributed by atoms with Gasteiger partial charge in [0, 0.05) is 28.8 Å². The van der Waals surface area contributed by atoms with Gasteiger partial charge in [-0.3, -0.25) is 4.79 Å². The van der Waals surface area contributed by atoms with E-state index in [0.29, 0.717) is 18.8 Å². The van der Waals surface area contributed by atoms with Crippen LogP contribution in [-0.4, -0.2) is 38.8 Å². The second-order valence-electron chi connectivity index (χ2n) is 8.05. The van der Waals surface area contributed by atoms with Crippen LogP contribution >= 0.6 is 15.9 Å². The van der Waals surface area contributed by atoms with E-state index in [0.717, 1.165) is 16.5 Å². The number of methoxy groups -OCH3 is 1. The molecule has 2 aromatic carbocycles. The number of piperidine rings is 1. The molecule has 0 bridgehead atoms. The zero-order chi connectivity index (χ0) is 22.1. The molecule has 1 saturated heterocycles. The molecule has 162 valence electrons. The third-order valence-electron chi connectivity index (χ3n) is 5.33. The minimum absolute atomic E-state index is 0.0184. The second-order valence-corrected chi connectivity index (χ2v) is 10.9. The number of benzene rings is 2. The monoisotopic (exact) mass is 494 g/mol. The van der Waals surface area contributed by atoms with Crippen molar-refractivity contribution in [1.29, 1.82) is 0 Å². The molecule has 1 aliphatic rings. The highest BCUT2D eigenvalue weighted by Gasteiger charge is 2.34. The maximum absolute atomic E-state index is 13.4. The van der Waals surface area contributed by atoms with Gasteiger partial charge in [-0.1, -0.05) is 35.8 Å². The highest BCUT2D eigenvalue weighted by Crippen LogP contribution is 2.32. The van der Waals surface area contributed by atoms with Gasteiger partial charge in [0.15, 0.2) is 0 Å². The van der Waals surface area contributed by atoms with Crippen molar-refractivity contribution in [3.05, 3.63) is 52.0 Å². The van der Waals surface area contributed by atoms with E-state index < -0.39 is 10.0 Å². The fourth-order valence-corrected chi connectivity index (χ4v) is 6.11. The Labute approximate surface area is 186 Å². The Bertz CT molecular complexity index is 1050. The number of hydrogen-bond donors (Lipinski definition) is 1. The Morgan fingerprint density at radius 3 is 2.43 bits per heavy atom. The van der Waals surface area contributed by atoms with Crippen molar-refractivity contribution < 1.29 is 17.9 Å². The van der Waals surface area contributed by atoms with E-state index in [-0.39, 0.29) is 34.0 Å². The van der Waals surface area contributed by atoms with Crippen LogP contribution in [0.4, 0.5) is 5.69 Å². The number of carbonyl (C=O) groups is 1. The Balaban J connectivity index is 1.95. The summed E-state index contributed by atoms with van der Waals surface area (Å²) in [4.78, 5) is 12.9. The highest BCUT2D eigenvalue weighted by atomic mass is 79.9. The molecule has 0 aromatic heterocycles. The molecule has 2 aromatic rings. The van der Waals surface area contributed by atoms with E-state index in [9.17, 15) is 13.2 Å². The van der Waals surface area contributed by atoms with Crippen LogP contribution in [0.5, 0.6) is 5.75 Å². The van der Waals surface area contributed by atoms with E-state index in [4.69, 9.17) is 4.74 Å². The summed E-state index contributed by atoms with van der Waals surface area (Å²) < 4.78 is 34.5. The van der Waals surface area contributed by atoms with Crippen LogP contribution in [-0.2, 0) is 10.0 Å². The minimum Gasteiger partial charge on any atom is -0.495 e. The maximum atomic E-state index is 13.4. The van der Waals surface area contributed by atoms with E-state index in [2.05, 4.69) is 35.1 Å². The van der Waals surface area contributed by atoms with E-state index >= 15 is 0 Å². The van der Waals surface area contributed by atoms with Crippen LogP contribution in [0.1, 0.15) is 36.2 Å². The molecule has 0 aliphatic carbocycles. The van der Waals surface area contributed by atoms with Gasteiger partial charge in [-0.15, -0.1) is 0 Å². The SMILES string of the molecule is COc1ccc(C(=O)Nc2cc(Br)ccc2C)cc1S(=O)(=O)N1CC(C)CC(C)C1. The third kappa shape index (κ3) is 4.87. The van der Waals surface area contributed by atoms with Crippen molar-refractivity contribution in [1.82, 2.24) is 4.31 Å². The fraction of sp³-hybridized carbons (Fsp3) is 0.409. The quantitative estimate of drug-likeness (QED) is 0.654. The normalized spacial score (nSPS) is 20.0. The number of sulfonamides is 1. The summed E-state index contributed by atoms with van der Waals surface area (Å²) >= 11 is 3.40. The van der Waals surface area contributed by atoms with Gasteiger partial charge in [-0.25, -0.2) is 8.42 Å². The molecular weight excluding hydrogens is 468 g/mol. The number of rotatable bonds is 5. The Morgan fingerprint density at radius 2 is 1.80 bits per heavy atom. The van der Waals surface area contributed by atoms with Gasteiger partial charge in [0.25, 0.3) is 5.91 Å². The van der Waals surface area contributed by atoms with Crippen LogP contribution in [0.2, 0.25) is 0 Å². The summed E-state index contributed by atoms with van der Waals surface area (Å²) in [5, 5.41) is 2.86. The Kier molecular flexibility index (Phi) is 6.89. The van der Waals surface area contributed by atoms with Gasteiger partial charge < -0.3 is 10.1 Å². The zero-order valence-corrected chi connectivity index (χ0v) is 20.0. The Hall–Kier alpha value is -1.90. The summed E-state index contributed by atoms with van der Waals surface area (Å²) in [6.07, 6.45) is 0.998. The predicted molar refractivity (Wildman–Crippen MR) is 122 cm³/mol. The third-order valence-corrected chi connectivity index (χ3v) is 7.67. The minimum atomic E-state index is -3.79. The molecule has 1 N–H and O–H groups in total. The molecule has 30 heavy (non-hydrogen) atoms. The first-order chi connectivity index (χ1) is 14.1. The zero-order valence-electron chi connectivity index (χ0n) is 17.6. The predicted octanol–water partition coefficient (Wildman–Crippen LogP) is 4.69. The molecule has 8 heteroatoms. The van der Waals surface area contributed by atoms with Gasteiger partial charge in [-0.2, -0.15) is 4.31 Å². The average molecular weight is 495 g/mol. The number of aryl methyl sites for hydroxylation is 1. The average Bonchev–Trinajstić information content (AvgIpc) is 2.69. The van der Waals surface area contributed by atoms with Crippen LogP contribution < -0.4 is 10.1 Å². The lowest BCUT2D eigenvalue weighted by Gasteiger charge is -2.34. The number of carbonyl (C=O) groups excluding carboxylic acids is 1. The maximum Gasteiger partial charge on any atom is 0.255 e. The molecule has 1 fully saturated rings. The standard InChI is InChI=1S/C22H27BrN2O4S/c1-14-9-15(2)13-25(12-14)30(27,28)21-10-17(6-8-20(21)29-4)22(26)24-19-11-18(23)7-5-16(19)3/h5-8,10-11,14-15H,9,12-13H2,1-4H3,(H,24,26). The molecule has 2 unspecified atom stereocenters. The van der Waals surface area contributed by atoms with Crippen LogP contribution in [0.25, 0.3) is 0 Å². The molecule has 0 saturated carbocycles. The lowest BCUT2D eigenvalue weighted by atomic mass is 9.94. The smallest absolute Gasteiger partial charge is 0.255 e. The molecule has 1 heterocycles. The topological polar surface area (TPSA) is 75.7 Å². The largest absolute Gasteiger partial charge is 0.495 e. The summed E-state index contributed by atoms with van der Waals surface area (Å²) in [6.45, 7) is 6.93. The van der Waals surface area contributed by atoms with Gasteiger partial charge in [0.1, 0.15) is 10.6 Å². The lowest BCUT2D eigenvalue weighted by Crippen LogP contribution is -2.42. The first-order valence-corrected chi connectivity index (χ1v) is 12.1. The van der Waals surface area contributed by atoms with Crippen molar-refractivity contribution in [3.63, 3.8) is 0 Å². The van der Waals surface area contributed by atoms with Crippen LogP contribution in [0.15, 0.2) is 45.8 Å². The molecule has 3 rings (SSSR count). The summed E-state index contributed by atoms with van der Waals surface area (Å²) in [5.41, 5.74) is 1.82. The van der Waals surface area contributed by atoms with E-state index in [1.165, 1.54) is 23.5 Å². The van der Waals surface area contributed by atoms with Crippen molar-refractivity contribution >= 4 is 37.5 Å². The van der Waals surface area contributed by atoms with Crippen LogP contribution in [0, 0.1) is 18.8 Å². The number of ether oxygens (including phenoxy) is 1. The lowest BCUT2D eigenvalue weighted by molar-refractivity contribution is 0.102. The second kappa shape index (κ2) is 9.08. The summed E-state index contributed by atoms with van der Waals surface area (Å²) in [5.74, 6) is 0.410. The van der Waals surface area contributed by atoms with Crippen molar-refractivity contribution in [2.45, 2.75) is 32.1 Å². The summed E-state index contributed by atoms with van der Waals surface area (Å²) in [6, 6.07) is 10.1. The highest BCUT2D eigenvalue weighted by molar-refractivity contribution is 9.10. The van der Waals surface area contributed by atoms with Gasteiger partial charge >= 0.3 is 0 Å². The molecule has 1 amide bonds. The molecule has 6 nitrogen and oxygen atoms in total. The van der Waals surface area contributed by atoms with Crippen molar-refractivity contribution in [2.75, 3.05) is 25.5 Å². The molecule has 0 spiro atoms. The van der Waals surface area contributed by atoms with Gasteiger partial charge in [-0.05, 0) is 61.1 Å². The van der Waals surface area contributed by atoms with Crippen molar-refractivity contribution in [3.8, 4) is 5.75 Å². The molecule has 1 aliphatic heterocycles. The molecule has 0 radical (unpaired) electrons.